The van der Waals surface area contributed by atoms with E-state index in [1.54, 1.807) is 4.57 Å². The summed E-state index contributed by atoms with van der Waals surface area (Å²) in [6.07, 6.45) is -1.82. The van der Waals surface area contributed by atoms with Gasteiger partial charge in [0.25, 0.3) is 0 Å². The molecule has 0 saturated carbocycles. The molecule has 0 atom stereocenters. The minimum absolute atomic E-state index is 0.183. The topological polar surface area (TPSA) is 103 Å². The van der Waals surface area contributed by atoms with Crippen molar-refractivity contribution in [3.8, 4) is 5.95 Å². The zero-order valence-corrected chi connectivity index (χ0v) is 18.8. The van der Waals surface area contributed by atoms with Crippen molar-refractivity contribution < 1.29 is 22.8 Å². The molecule has 2 aromatic carbocycles. The monoisotopic (exact) mass is 519 g/mol. The molecule has 33 heavy (non-hydrogen) atoms. The first-order valence-electron chi connectivity index (χ1n) is 9.53. The van der Waals surface area contributed by atoms with E-state index in [-0.39, 0.29) is 23.0 Å². The Bertz CT molecular complexity index is 1370. The Labute approximate surface area is 192 Å². The average Bonchev–Trinajstić information content (AvgIpc) is 3.15. The van der Waals surface area contributed by atoms with Gasteiger partial charge in [-0.15, -0.1) is 0 Å². The van der Waals surface area contributed by atoms with Crippen LogP contribution >= 0.6 is 0 Å². The number of nitrogens with zero attached hydrogens (tertiary/aromatic N) is 3. The molecule has 3 N–H and O–H groups in total. The van der Waals surface area contributed by atoms with Crippen LogP contribution in [-0.4, -0.2) is 48.4 Å². The van der Waals surface area contributed by atoms with Crippen LogP contribution in [0, 0.1) is 0 Å². The predicted molar refractivity (Wildman–Crippen MR) is 117 cm³/mol. The number of nitrogens with one attached hydrogen (secondary N) is 1. The fraction of sp³-hybridized carbons (Fsp3) is 0.0909. The van der Waals surface area contributed by atoms with Crippen molar-refractivity contribution >= 4 is 46.7 Å². The number of aromatic nitrogens is 3. The molecule has 11 heteroatoms. The van der Waals surface area contributed by atoms with Crippen LogP contribution in [0.3, 0.4) is 0 Å². The summed E-state index contributed by atoms with van der Waals surface area (Å²) < 4.78 is 42.2. The molecule has 0 aliphatic rings. The van der Waals surface area contributed by atoms with Gasteiger partial charge in [0.1, 0.15) is 0 Å². The van der Waals surface area contributed by atoms with Gasteiger partial charge in [-0.1, -0.05) is 0 Å². The summed E-state index contributed by atoms with van der Waals surface area (Å²) in [6.45, 7) is 0. The number of rotatable bonds is 5. The standard InChI is InChI=1S/C22H16F3N5O2Se/c1-27-20(32)13-10-28-21(29-11-13)30-16-5-3-2-4-12(16)8-18(30)33-17-7-6-14(22(23,24)25)9-15(17)19(26)31/h2-11H,1H3,(H2,26,31)(H,27,32). The zero-order valence-electron chi connectivity index (χ0n) is 17.1. The van der Waals surface area contributed by atoms with E-state index in [4.69, 9.17) is 5.73 Å². The number of nitrogens with two attached hydrogens (primary N) is 1. The molecule has 4 rings (SSSR count). The first-order chi connectivity index (χ1) is 15.7. The molecule has 0 aliphatic carbocycles. The van der Waals surface area contributed by atoms with Crippen molar-refractivity contribution in [2.24, 2.45) is 5.73 Å². The van der Waals surface area contributed by atoms with Gasteiger partial charge in [0, 0.05) is 0 Å². The summed E-state index contributed by atoms with van der Waals surface area (Å²) in [7, 11) is 1.50. The molecule has 0 unspecified atom stereocenters. The third-order valence-corrected chi connectivity index (χ3v) is 7.07. The summed E-state index contributed by atoms with van der Waals surface area (Å²) >= 11 is -0.615. The number of hydrogen-bond donors (Lipinski definition) is 2. The summed E-state index contributed by atoms with van der Waals surface area (Å²) in [6, 6.07) is 12.3. The fourth-order valence-electron chi connectivity index (χ4n) is 3.21. The summed E-state index contributed by atoms with van der Waals surface area (Å²) in [5.74, 6) is -0.987. The van der Waals surface area contributed by atoms with Gasteiger partial charge in [0.2, 0.25) is 0 Å². The molecule has 0 bridgehead atoms. The number of para-hydroxylation sites is 1. The van der Waals surface area contributed by atoms with Crippen molar-refractivity contribution in [2.45, 2.75) is 6.18 Å². The van der Waals surface area contributed by atoms with E-state index in [0.29, 0.717) is 9.05 Å². The average molecular weight is 518 g/mol. The Morgan fingerprint density at radius 3 is 2.39 bits per heavy atom. The molecular weight excluding hydrogens is 502 g/mol. The molecule has 2 heterocycles. The van der Waals surface area contributed by atoms with Crippen LogP contribution in [0.1, 0.15) is 26.3 Å². The van der Waals surface area contributed by atoms with Gasteiger partial charge in [-0.3, -0.25) is 0 Å². The summed E-state index contributed by atoms with van der Waals surface area (Å²) in [4.78, 5) is 32.4. The fourth-order valence-corrected chi connectivity index (χ4v) is 5.49. The van der Waals surface area contributed by atoms with Crippen LogP contribution in [0.5, 0.6) is 0 Å². The van der Waals surface area contributed by atoms with Crippen molar-refractivity contribution in [1.82, 2.24) is 19.9 Å². The number of hydrogen-bond acceptors (Lipinski definition) is 4. The van der Waals surface area contributed by atoms with Crippen LogP contribution < -0.4 is 20.1 Å². The first-order valence-corrected chi connectivity index (χ1v) is 11.2. The van der Waals surface area contributed by atoms with Crippen molar-refractivity contribution in [1.29, 1.82) is 0 Å². The zero-order chi connectivity index (χ0) is 23.8. The van der Waals surface area contributed by atoms with Gasteiger partial charge < -0.3 is 0 Å². The SMILES string of the molecule is CNC(=O)c1cnc(-n2c([Se]c3ccc(C(F)(F)F)cc3C(N)=O)cc3ccccc32)nc1. The molecule has 4 aromatic rings. The van der Waals surface area contributed by atoms with Gasteiger partial charge >= 0.3 is 192 Å². The molecule has 0 radical (unpaired) electrons. The van der Waals surface area contributed by atoms with Gasteiger partial charge in [-0.25, -0.2) is 0 Å². The Morgan fingerprint density at radius 2 is 1.76 bits per heavy atom. The Hall–Kier alpha value is -3.69. The van der Waals surface area contributed by atoms with Crippen molar-refractivity contribution in [2.75, 3.05) is 7.05 Å². The Kier molecular flexibility index (Phi) is 5.92. The molecule has 7 nitrogen and oxygen atoms in total. The second-order valence-electron chi connectivity index (χ2n) is 6.90. The molecule has 2 amide bonds. The van der Waals surface area contributed by atoms with Gasteiger partial charge in [-0.05, 0) is 0 Å². The Balaban J connectivity index is 1.83. The second-order valence-corrected chi connectivity index (χ2v) is 9.13. The molecule has 0 saturated heterocycles. The van der Waals surface area contributed by atoms with Crippen LogP contribution in [0.2, 0.25) is 0 Å². The molecule has 168 valence electrons. The van der Waals surface area contributed by atoms with Gasteiger partial charge in [-0.2, -0.15) is 0 Å². The second kappa shape index (κ2) is 8.68. The third-order valence-electron chi connectivity index (χ3n) is 4.79. The Morgan fingerprint density at radius 1 is 1.06 bits per heavy atom. The molecular formula is C22H16F3N5O2Se. The maximum absolute atomic E-state index is 13.1. The normalized spacial score (nSPS) is 11.5. The van der Waals surface area contributed by atoms with Crippen LogP contribution in [-0.2, 0) is 6.18 Å². The van der Waals surface area contributed by atoms with E-state index >= 15 is 0 Å². The van der Waals surface area contributed by atoms with E-state index < -0.39 is 32.6 Å². The van der Waals surface area contributed by atoms with Gasteiger partial charge in [0.05, 0.1) is 0 Å². The molecule has 2 aromatic heterocycles. The van der Waals surface area contributed by atoms with Crippen LogP contribution in [0.15, 0.2) is 60.9 Å². The number of primary amides is 1. The number of halogens is 3. The number of carbonyl (C=O) groups excluding carboxylic acids is 2. The number of carbonyl (C=O) groups is 2. The van der Waals surface area contributed by atoms with Crippen molar-refractivity contribution in [3.05, 3.63) is 77.6 Å². The summed E-state index contributed by atoms with van der Waals surface area (Å²) in [5, 5.41) is 3.36. The molecule has 0 spiro atoms. The van der Waals surface area contributed by atoms with Crippen LogP contribution in [0.25, 0.3) is 16.9 Å². The molecule has 0 fully saturated rings. The van der Waals surface area contributed by atoms with E-state index in [2.05, 4.69) is 15.3 Å². The third kappa shape index (κ3) is 4.46. The van der Waals surface area contributed by atoms with Crippen molar-refractivity contribution in [3.63, 3.8) is 0 Å². The predicted octanol–water partition coefficient (Wildman–Crippen LogP) is 1.55. The first kappa shape index (κ1) is 22.5. The summed E-state index contributed by atoms with van der Waals surface area (Å²) in [5.41, 5.74) is 5.33. The van der Waals surface area contributed by atoms with E-state index in [1.165, 1.54) is 25.5 Å². The van der Waals surface area contributed by atoms with E-state index in [0.717, 1.165) is 23.0 Å². The van der Waals surface area contributed by atoms with Crippen LogP contribution in [0.4, 0.5) is 13.2 Å². The molecule has 0 aliphatic heterocycles. The maximum atomic E-state index is 13.1. The number of amides is 2. The number of fused-ring (bicyclic) bond motifs is 1. The number of benzene rings is 2. The quantitative estimate of drug-likeness (QED) is 0.392. The van der Waals surface area contributed by atoms with Gasteiger partial charge in [0.15, 0.2) is 0 Å². The minimum atomic E-state index is -4.59. The van der Waals surface area contributed by atoms with E-state index in [1.807, 2.05) is 30.3 Å². The number of alkyl halides is 3. The van der Waals surface area contributed by atoms with E-state index in [9.17, 15) is 22.8 Å².